The smallest absolute Gasteiger partial charge is 0.227 e. The van der Waals surface area contributed by atoms with Gasteiger partial charge in [0, 0.05) is 24.2 Å². The van der Waals surface area contributed by atoms with E-state index in [0.717, 1.165) is 57.1 Å². The molecule has 6 rings (SSSR count). The Labute approximate surface area is 226 Å². The highest BCUT2D eigenvalue weighted by Crippen LogP contribution is 2.68. The normalized spacial score (nSPS) is 44.7. The first-order valence-electron chi connectivity index (χ1n) is 15.2. The number of carbonyl (C=O) groups is 1. The van der Waals surface area contributed by atoms with E-state index in [-0.39, 0.29) is 52.5 Å². The van der Waals surface area contributed by atoms with Gasteiger partial charge < -0.3 is 20.2 Å². The first-order chi connectivity index (χ1) is 18.1. The number of fused-ring (bicyclic) bond motifs is 6. The molecule has 0 aromatic heterocycles. The Morgan fingerprint density at radius 2 is 1.89 bits per heavy atom. The molecule has 210 valence electrons. The lowest BCUT2D eigenvalue weighted by atomic mass is 9.43. The summed E-state index contributed by atoms with van der Waals surface area (Å²) in [6.07, 6.45) is 6.85. The Hall–Kier alpha value is -1.50. The monoisotopic (exact) mass is 527 g/mol. The largest absolute Gasteiger partial charge is 0.393 e. The Balaban J connectivity index is 1.16. The summed E-state index contributed by atoms with van der Waals surface area (Å²) in [5.41, 5.74) is 1.19. The molecule has 1 aliphatic heterocycles. The van der Waals surface area contributed by atoms with Crippen LogP contribution in [0.2, 0.25) is 0 Å². The molecule has 0 saturated heterocycles. The van der Waals surface area contributed by atoms with Crippen molar-refractivity contribution in [3.05, 3.63) is 29.6 Å². The Bertz CT molecular complexity index is 1080. The molecule has 0 bridgehead atoms. The van der Waals surface area contributed by atoms with Gasteiger partial charge in [0.25, 0.3) is 0 Å². The average molecular weight is 528 g/mol. The number of anilines is 1. The average Bonchev–Trinajstić information content (AvgIpc) is 3.47. The highest BCUT2D eigenvalue weighted by atomic mass is 19.1. The molecule has 38 heavy (non-hydrogen) atoms. The molecule has 4 saturated carbocycles. The summed E-state index contributed by atoms with van der Waals surface area (Å²) in [5, 5.41) is 33.6. The molecule has 1 aromatic rings. The first-order valence-corrected chi connectivity index (χ1v) is 15.2. The zero-order valence-corrected chi connectivity index (χ0v) is 23.3. The van der Waals surface area contributed by atoms with Gasteiger partial charge >= 0.3 is 0 Å². The number of aliphatic hydroxyl groups is 3. The van der Waals surface area contributed by atoms with E-state index in [0.29, 0.717) is 42.7 Å². The van der Waals surface area contributed by atoms with Gasteiger partial charge in [-0.2, -0.15) is 0 Å². The van der Waals surface area contributed by atoms with Gasteiger partial charge in [0.15, 0.2) is 0 Å². The maximum Gasteiger partial charge on any atom is 0.227 e. The van der Waals surface area contributed by atoms with Gasteiger partial charge in [0.1, 0.15) is 5.82 Å². The van der Waals surface area contributed by atoms with Crippen LogP contribution in [-0.4, -0.2) is 46.1 Å². The minimum Gasteiger partial charge on any atom is -0.393 e. The van der Waals surface area contributed by atoms with Crippen LogP contribution in [0.15, 0.2) is 18.2 Å². The van der Waals surface area contributed by atoms with Gasteiger partial charge in [-0.05, 0) is 116 Å². The molecule has 6 heteroatoms. The molecule has 1 heterocycles. The highest BCUT2D eigenvalue weighted by molar-refractivity contribution is 5.95. The molecule has 0 unspecified atom stereocenters. The third kappa shape index (κ3) is 3.91. The number of hydrogen-bond donors (Lipinski definition) is 3. The lowest BCUT2D eigenvalue weighted by Gasteiger charge is -2.63. The summed E-state index contributed by atoms with van der Waals surface area (Å²) in [5.74, 6) is 1.53. The topological polar surface area (TPSA) is 81.0 Å². The SMILES string of the molecule is C[C@H](CCC(=O)N1CCc2c(F)cccc21)[C@H]1CC[C@H]2[C@@H]3[C@H](O)C[C@@H]4C[C@H](O)CC[C@]4(C)[C@H]3C[C@H](O)[C@]12C. The van der Waals surface area contributed by atoms with Crippen molar-refractivity contribution in [1.29, 1.82) is 0 Å². The molecule has 0 radical (unpaired) electrons. The highest BCUT2D eigenvalue weighted by Gasteiger charge is 2.65. The summed E-state index contributed by atoms with van der Waals surface area (Å²) in [4.78, 5) is 14.9. The lowest BCUT2D eigenvalue weighted by molar-refractivity contribution is -0.207. The van der Waals surface area contributed by atoms with E-state index in [1.807, 2.05) is 6.07 Å². The van der Waals surface area contributed by atoms with E-state index in [4.69, 9.17) is 0 Å². The van der Waals surface area contributed by atoms with Crippen LogP contribution in [0.25, 0.3) is 0 Å². The predicted molar refractivity (Wildman–Crippen MR) is 145 cm³/mol. The molecule has 11 atom stereocenters. The number of halogens is 1. The van der Waals surface area contributed by atoms with Crippen LogP contribution in [0.3, 0.4) is 0 Å². The van der Waals surface area contributed by atoms with E-state index < -0.39 is 6.10 Å². The molecule has 0 spiro atoms. The molecule has 5 nitrogen and oxygen atoms in total. The molecule has 5 aliphatic rings. The van der Waals surface area contributed by atoms with E-state index in [1.165, 1.54) is 6.07 Å². The van der Waals surface area contributed by atoms with Crippen molar-refractivity contribution in [3.63, 3.8) is 0 Å². The standard InChI is InChI=1S/C32H46FNO4/c1-18(7-10-29(38)34-14-12-21-25(33)5-4-6-26(21)34)22-8-9-23-30-24(17-28(37)32(22,23)3)31(2)13-11-20(35)15-19(31)16-27(30)36/h4-6,18-20,22-24,27-28,30,35-37H,7-17H2,1-3H3/t18-,19+,20-,22-,23+,24+,27-,28+,30+,31+,32-/m1/s1. The number of nitrogens with zero attached hydrogens (tertiary/aromatic N) is 1. The zero-order valence-electron chi connectivity index (χ0n) is 23.3. The van der Waals surface area contributed by atoms with E-state index in [2.05, 4.69) is 20.8 Å². The number of hydrogen-bond acceptors (Lipinski definition) is 4. The van der Waals surface area contributed by atoms with Gasteiger partial charge in [-0.1, -0.05) is 26.8 Å². The van der Waals surface area contributed by atoms with Crippen LogP contribution in [0, 0.1) is 52.2 Å². The van der Waals surface area contributed by atoms with Gasteiger partial charge in [-0.15, -0.1) is 0 Å². The molecule has 4 fully saturated rings. The lowest BCUT2D eigenvalue weighted by Crippen LogP contribution is -2.62. The molecule has 1 aromatic carbocycles. The number of benzene rings is 1. The minimum atomic E-state index is -0.414. The quantitative estimate of drug-likeness (QED) is 0.509. The van der Waals surface area contributed by atoms with Gasteiger partial charge in [0.2, 0.25) is 5.91 Å². The van der Waals surface area contributed by atoms with Crippen LogP contribution in [0.4, 0.5) is 10.1 Å². The first kappa shape index (κ1) is 26.7. The third-order valence-electron chi connectivity index (χ3n) is 12.6. The minimum absolute atomic E-state index is 0.0614. The van der Waals surface area contributed by atoms with Crippen molar-refractivity contribution in [1.82, 2.24) is 0 Å². The van der Waals surface area contributed by atoms with Gasteiger partial charge in [-0.3, -0.25) is 4.79 Å². The van der Waals surface area contributed by atoms with Crippen molar-refractivity contribution < 1.29 is 24.5 Å². The summed E-state index contributed by atoms with van der Waals surface area (Å²) >= 11 is 0. The molecular weight excluding hydrogens is 481 g/mol. The predicted octanol–water partition coefficient (Wildman–Crippen LogP) is 5.09. The summed E-state index contributed by atoms with van der Waals surface area (Å²) in [7, 11) is 0. The van der Waals surface area contributed by atoms with Crippen molar-refractivity contribution in [2.75, 3.05) is 11.4 Å². The summed E-state index contributed by atoms with van der Waals surface area (Å²) in [6.45, 7) is 7.41. The summed E-state index contributed by atoms with van der Waals surface area (Å²) in [6, 6.07) is 4.99. The van der Waals surface area contributed by atoms with Crippen LogP contribution < -0.4 is 4.90 Å². The van der Waals surface area contributed by atoms with Crippen molar-refractivity contribution in [3.8, 4) is 0 Å². The Kier molecular flexibility index (Phi) is 6.72. The van der Waals surface area contributed by atoms with Crippen LogP contribution in [-0.2, 0) is 11.2 Å². The van der Waals surface area contributed by atoms with Crippen LogP contribution in [0.5, 0.6) is 0 Å². The Morgan fingerprint density at radius 3 is 2.68 bits per heavy atom. The maximum atomic E-state index is 14.2. The van der Waals surface area contributed by atoms with E-state index >= 15 is 0 Å². The Morgan fingerprint density at radius 1 is 1.11 bits per heavy atom. The maximum absolute atomic E-state index is 14.2. The fourth-order valence-corrected chi connectivity index (χ4v) is 10.5. The van der Waals surface area contributed by atoms with Gasteiger partial charge in [-0.25, -0.2) is 4.39 Å². The molecule has 3 N–H and O–H groups in total. The van der Waals surface area contributed by atoms with Gasteiger partial charge in [0.05, 0.1) is 18.3 Å². The van der Waals surface area contributed by atoms with Crippen molar-refractivity contribution in [2.45, 2.75) is 103 Å². The second kappa shape index (κ2) is 9.55. The second-order valence-corrected chi connectivity index (χ2v) is 14.1. The molecule has 4 aliphatic carbocycles. The van der Waals surface area contributed by atoms with Crippen molar-refractivity contribution >= 4 is 11.6 Å². The van der Waals surface area contributed by atoms with Crippen LogP contribution >= 0.6 is 0 Å². The molecule has 1 amide bonds. The van der Waals surface area contributed by atoms with Crippen LogP contribution in [0.1, 0.15) is 84.1 Å². The van der Waals surface area contributed by atoms with Crippen molar-refractivity contribution in [2.24, 2.45) is 46.3 Å². The fourth-order valence-electron chi connectivity index (χ4n) is 10.5. The third-order valence-corrected chi connectivity index (χ3v) is 12.6. The number of rotatable bonds is 4. The van der Waals surface area contributed by atoms with E-state index in [1.54, 1.807) is 11.0 Å². The second-order valence-electron chi connectivity index (χ2n) is 14.1. The number of carbonyl (C=O) groups excluding carboxylic acids is 1. The summed E-state index contributed by atoms with van der Waals surface area (Å²) < 4.78 is 14.2. The zero-order chi connectivity index (χ0) is 27.0. The fraction of sp³-hybridized carbons (Fsp3) is 0.781. The number of amides is 1. The van der Waals surface area contributed by atoms with E-state index in [9.17, 15) is 24.5 Å². The number of aliphatic hydroxyl groups excluding tert-OH is 3. The molecular formula is C32H46FNO4.